The van der Waals surface area contributed by atoms with E-state index in [0.29, 0.717) is 12.0 Å². The van der Waals surface area contributed by atoms with Crippen LogP contribution in [0.2, 0.25) is 0 Å². The summed E-state index contributed by atoms with van der Waals surface area (Å²) in [7, 11) is 0. The maximum atomic E-state index is 12.9. The molecule has 170 valence electrons. The summed E-state index contributed by atoms with van der Waals surface area (Å²) in [4.78, 5) is 37.4. The Morgan fingerprint density at radius 1 is 1.16 bits per heavy atom. The van der Waals surface area contributed by atoms with Gasteiger partial charge in [0.15, 0.2) is 0 Å². The molecule has 0 aromatic rings. The van der Waals surface area contributed by atoms with Gasteiger partial charge in [-0.2, -0.15) is 0 Å². The van der Waals surface area contributed by atoms with Gasteiger partial charge in [0.05, 0.1) is 17.9 Å². The van der Waals surface area contributed by atoms with Crippen molar-refractivity contribution in [2.45, 2.75) is 77.8 Å². The van der Waals surface area contributed by atoms with Crippen molar-refractivity contribution in [3.63, 3.8) is 0 Å². The fourth-order valence-corrected chi connectivity index (χ4v) is 4.61. The number of carbonyl (C=O) groups is 3. The van der Waals surface area contributed by atoms with Gasteiger partial charge < -0.3 is 19.3 Å². The molecule has 3 rings (SSSR count). The van der Waals surface area contributed by atoms with E-state index in [1.807, 2.05) is 34.6 Å². The standard InChI is InChI=1S/C24H32O7/c1-12(2)24(28,13(3)4)11-20(25)30-18-8-14(5)7-17-9-16(23(27)29-17)10-19-21(18)15(6)22(26)31-19/h8-9,12-13,17-19,21,28H,6-7,10-11H2,1-5H3/b14-8+/t17-,18-,19+,21+/m1/s1. The smallest absolute Gasteiger partial charge is 0.334 e. The van der Waals surface area contributed by atoms with Crippen LogP contribution in [0.1, 0.15) is 53.9 Å². The Labute approximate surface area is 183 Å². The van der Waals surface area contributed by atoms with Crippen LogP contribution in [0, 0.1) is 17.8 Å². The third kappa shape index (κ3) is 4.61. The summed E-state index contributed by atoms with van der Waals surface area (Å²) in [6, 6.07) is 0. The van der Waals surface area contributed by atoms with E-state index >= 15 is 0 Å². The number of esters is 3. The van der Waals surface area contributed by atoms with Gasteiger partial charge in [0, 0.05) is 24.0 Å². The van der Waals surface area contributed by atoms with Gasteiger partial charge in [0.2, 0.25) is 0 Å². The third-order valence-corrected chi connectivity index (χ3v) is 6.67. The molecule has 1 aliphatic carbocycles. The Hall–Kier alpha value is -2.41. The second-order valence-corrected chi connectivity index (χ2v) is 9.48. The first-order valence-corrected chi connectivity index (χ1v) is 10.8. The van der Waals surface area contributed by atoms with Crippen molar-refractivity contribution in [2.24, 2.45) is 17.8 Å². The molecule has 3 aliphatic rings. The quantitative estimate of drug-likeness (QED) is 0.309. The zero-order valence-electron chi connectivity index (χ0n) is 18.8. The van der Waals surface area contributed by atoms with Crippen molar-refractivity contribution in [3.05, 3.63) is 35.5 Å². The van der Waals surface area contributed by atoms with Crippen LogP contribution in [0.5, 0.6) is 0 Å². The van der Waals surface area contributed by atoms with Crippen LogP contribution in [-0.2, 0) is 28.6 Å². The van der Waals surface area contributed by atoms with E-state index in [-0.39, 0.29) is 36.4 Å². The molecule has 0 amide bonds. The van der Waals surface area contributed by atoms with E-state index in [9.17, 15) is 19.5 Å². The summed E-state index contributed by atoms with van der Waals surface area (Å²) in [5.74, 6) is -2.46. The second-order valence-electron chi connectivity index (χ2n) is 9.48. The summed E-state index contributed by atoms with van der Waals surface area (Å²) >= 11 is 0. The highest BCUT2D eigenvalue weighted by atomic mass is 16.6. The number of ether oxygens (including phenoxy) is 3. The summed E-state index contributed by atoms with van der Waals surface area (Å²) in [5, 5.41) is 11.0. The van der Waals surface area contributed by atoms with Gasteiger partial charge in [0.1, 0.15) is 18.3 Å². The molecule has 0 spiro atoms. The maximum Gasteiger partial charge on any atom is 0.334 e. The third-order valence-electron chi connectivity index (χ3n) is 6.67. The predicted molar refractivity (Wildman–Crippen MR) is 113 cm³/mol. The highest BCUT2D eigenvalue weighted by molar-refractivity contribution is 5.93. The summed E-state index contributed by atoms with van der Waals surface area (Å²) < 4.78 is 16.7. The molecule has 2 heterocycles. The number of fused-ring (bicyclic) bond motifs is 2. The zero-order valence-corrected chi connectivity index (χ0v) is 18.8. The van der Waals surface area contributed by atoms with E-state index in [2.05, 4.69) is 6.58 Å². The van der Waals surface area contributed by atoms with Crippen LogP contribution in [0.15, 0.2) is 35.5 Å². The molecule has 7 nitrogen and oxygen atoms in total. The molecule has 0 aromatic heterocycles. The minimum atomic E-state index is -1.21. The highest BCUT2D eigenvalue weighted by Gasteiger charge is 2.47. The van der Waals surface area contributed by atoms with Crippen molar-refractivity contribution < 1.29 is 33.7 Å². The van der Waals surface area contributed by atoms with Crippen LogP contribution >= 0.6 is 0 Å². The summed E-state index contributed by atoms with van der Waals surface area (Å²) in [5.41, 5.74) is 0.299. The van der Waals surface area contributed by atoms with Crippen LogP contribution in [0.25, 0.3) is 0 Å². The van der Waals surface area contributed by atoms with Crippen molar-refractivity contribution in [3.8, 4) is 0 Å². The van der Waals surface area contributed by atoms with Gasteiger partial charge >= 0.3 is 17.9 Å². The molecule has 0 unspecified atom stereocenters. The average Bonchev–Trinajstić information content (AvgIpc) is 3.12. The van der Waals surface area contributed by atoms with E-state index in [1.54, 1.807) is 12.2 Å². The first-order valence-electron chi connectivity index (χ1n) is 10.8. The summed E-state index contributed by atoms with van der Waals surface area (Å²) in [6.45, 7) is 13.2. The molecule has 31 heavy (non-hydrogen) atoms. The SMILES string of the molecule is C=C1C(=O)O[C@H]2CC3=C[C@@H](C/C(C)=C/[C@@H](OC(=O)CC(O)(C(C)C)C(C)C)[C@H]12)OC3=O. The molecule has 0 aromatic carbocycles. The van der Waals surface area contributed by atoms with E-state index in [1.165, 1.54) is 0 Å². The molecule has 4 atom stereocenters. The molecule has 1 fully saturated rings. The van der Waals surface area contributed by atoms with Gasteiger partial charge in [-0.1, -0.05) is 39.8 Å². The monoisotopic (exact) mass is 432 g/mol. The zero-order chi connectivity index (χ0) is 23.1. The fraction of sp³-hybridized carbons (Fsp3) is 0.625. The number of hydrogen-bond acceptors (Lipinski definition) is 7. The van der Waals surface area contributed by atoms with Crippen LogP contribution in [0.4, 0.5) is 0 Å². The van der Waals surface area contributed by atoms with Crippen LogP contribution in [0.3, 0.4) is 0 Å². The van der Waals surface area contributed by atoms with E-state index < -0.39 is 41.6 Å². The van der Waals surface area contributed by atoms with Gasteiger partial charge in [0.25, 0.3) is 0 Å². The van der Waals surface area contributed by atoms with Crippen molar-refractivity contribution in [1.29, 1.82) is 0 Å². The second kappa shape index (κ2) is 8.61. The summed E-state index contributed by atoms with van der Waals surface area (Å²) in [6.07, 6.45) is 2.14. The number of aliphatic hydroxyl groups is 1. The Bertz CT molecular complexity index is 840. The van der Waals surface area contributed by atoms with Crippen LogP contribution < -0.4 is 0 Å². The molecule has 2 aliphatic heterocycles. The average molecular weight is 433 g/mol. The van der Waals surface area contributed by atoms with Crippen molar-refractivity contribution in [2.75, 3.05) is 0 Å². The Balaban J connectivity index is 1.90. The number of hydrogen-bond donors (Lipinski definition) is 1. The molecular formula is C24H32O7. The fourth-order valence-electron chi connectivity index (χ4n) is 4.61. The normalized spacial score (nSPS) is 30.4. The largest absolute Gasteiger partial charge is 0.458 e. The highest BCUT2D eigenvalue weighted by Crippen LogP contribution is 2.39. The molecule has 1 N–H and O–H groups in total. The van der Waals surface area contributed by atoms with Gasteiger partial charge in [-0.15, -0.1) is 0 Å². The maximum absolute atomic E-state index is 12.9. The molecule has 1 saturated heterocycles. The lowest BCUT2D eigenvalue weighted by molar-refractivity contribution is -0.160. The Kier molecular flexibility index (Phi) is 6.46. The predicted octanol–water partition coefficient (Wildman–Crippen LogP) is 3.02. The molecule has 0 radical (unpaired) electrons. The van der Waals surface area contributed by atoms with Gasteiger partial charge in [-0.05, 0) is 30.9 Å². The first kappa shape index (κ1) is 23.3. The Morgan fingerprint density at radius 2 is 1.81 bits per heavy atom. The van der Waals surface area contributed by atoms with Gasteiger partial charge in [-0.25, -0.2) is 9.59 Å². The topological polar surface area (TPSA) is 99.1 Å². The Morgan fingerprint density at radius 3 is 2.42 bits per heavy atom. The van der Waals surface area contributed by atoms with Crippen LogP contribution in [-0.4, -0.2) is 46.9 Å². The lowest BCUT2D eigenvalue weighted by Crippen LogP contribution is -2.44. The van der Waals surface area contributed by atoms with E-state index in [4.69, 9.17) is 14.2 Å². The molecule has 0 saturated carbocycles. The van der Waals surface area contributed by atoms with Crippen molar-refractivity contribution in [1.82, 2.24) is 0 Å². The lowest BCUT2D eigenvalue weighted by atomic mass is 9.78. The van der Waals surface area contributed by atoms with Gasteiger partial charge in [-0.3, -0.25) is 4.79 Å². The van der Waals surface area contributed by atoms with Crippen molar-refractivity contribution >= 4 is 17.9 Å². The van der Waals surface area contributed by atoms with E-state index in [0.717, 1.165) is 5.57 Å². The number of carbonyl (C=O) groups excluding carboxylic acids is 3. The molecule has 2 bridgehead atoms. The first-order chi connectivity index (χ1) is 14.4. The minimum Gasteiger partial charge on any atom is -0.458 e. The number of rotatable bonds is 5. The molecule has 7 heteroatoms. The lowest BCUT2D eigenvalue weighted by Gasteiger charge is -2.36. The minimum absolute atomic E-state index is 0.147. The molecular weight excluding hydrogens is 400 g/mol.